The summed E-state index contributed by atoms with van der Waals surface area (Å²) in [5, 5.41) is 19.4. The van der Waals surface area contributed by atoms with Gasteiger partial charge in [-0.3, -0.25) is 19.2 Å². The fraction of sp³-hybridized carbons (Fsp3) is 0.783. The zero-order valence-electron chi connectivity index (χ0n) is 21.6. The lowest BCUT2D eigenvalue weighted by Crippen LogP contribution is -2.60. The maximum atomic E-state index is 13.2. The molecular formula is C23H36F3N5O4Si. The van der Waals surface area contributed by atoms with Crippen LogP contribution in [0.5, 0.6) is 0 Å². The summed E-state index contributed by atoms with van der Waals surface area (Å²) in [5.74, 6) is -4.41. The highest BCUT2D eigenvalue weighted by Crippen LogP contribution is 2.46. The molecule has 0 aromatic heterocycles. The number of hydrogen-bond donors (Lipinski definition) is 4. The van der Waals surface area contributed by atoms with Crippen molar-refractivity contribution in [3.8, 4) is 6.07 Å². The minimum absolute atomic E-state index is 0.121. The van der Waals surface area contributed by atoms with Gasteiger partial charge in [0, 0.05) is 19.5 Å². The minimum Gasteiger partial charge on any atom is -0.350 e. The Morgan fingerprint density at radius 3 is 2.11 bits per heavy atom. The molecule has 0 unspecified atom stereocenters. The molecule has 4 N–H and O–H groups in total. The number of nitriles is 1. The second-order valence-corrected chi connectivity index (χ2v) is 17.7. The zero-order chi connectivity index (χ0) is 27.7. The van der Waals surface area contributed by atoms with Gasteiger partial charge in [-0.25, -0.2) is 0 Å². The number of nitrogens with one attached hydrogen (secondary N) is 4. The molecule has 9 nitrogen and oxygen atoms in total. The number of nitrogens with zero attached hydrogens (tertiary/aromatic N) is 1. The Morgan fingerprint density at radius 2 is 1.69 bits per heavy atom. The van der Waals surface area contributed by atoms with E-state index in [1.54, 1.807) is 5.32 Å². The summed E-state index contributed by atoms with van der Waals surface area (Å²) in [6.45, 7) is 10.3. The molecule has 1 aliphatic carbocycles. The number of hydrogen-bond acceptors (Lipinski definition) is 5. The van der Waals surface area contributed by atoms with Crippen molar-refractivity contribution >= 4 is 31.7 Å². The molecule has 0 radical (unpaired) electrons. The highest BCUT2D eigenvalue weighted by atomic mass is 28.3. The summed E-state index contributed by atoms with van der Waals surface area (Å²) in [4.78, 5) is 50.0. The van der Waals surface area contributed by atoms with Gasteiger partial charge in [0.05, 0.1) is 6.07 Å². The van der Waals surface area contributed by atoms with Crippen LogP contribution in [0.4, 0.5) is 13.2 Å². The molecule has 1 aliphatic heterocycles. The average Bonchev–Trinajstić information content (AvgIpc) is 3.37. The summed E-state index contributed by atoms with van der Waals surface area (Å²) in [5.41, 5.74) is -1.27. The van der Waals surface area contributed by atoms with E-state index in [0.717, 1.165) is 12.8 Å². The first-order chi connectivity index (χ1) is 16.3. The Balaban J connectivity index is 2.14. The van der Waals surface area contributed by atoms with Crippen LogP contribution in [0.3, 0.4) is 0 Å². The van der Waals surface area contributed by atoms with Crippen LogP contribution in [-0.4, -0.2) is 61.5 Å². The smallest absolute Gasteiger partial charge is 0.350 e. The van der Waals surface area contributed by atoms with Crippen LogP contribution in [0.15, 0.2) is 0 Å². The van der Waals surface area contributed by atoms with Crippen molar-refractivity contribution in [1.82, 2.24) is 21.3 Å². The summed E-state index contributed by atoms with van der Waals surface area (Å²) < 4.78 is 38.5. The van der Waals surface area contributed by atoms with E-state index in [9.17, 15) is 37.6 Å². The molecule has 1 heterocycles. The molecular weight excluding hydrogens is 495 g/mol. The first-order valence-corrected chi connectivity index (χ1v) is 15.7. The van der Waals surface area contributed by atoms with E-state index in [1.807, 2.05) is 25.7 Å². The summed E-state index contributed by atoms with van der Waals surface area (Å²) in [6.07, 6.45) is -2.67. The lowest BCUT2D eigenvalue weighted by atomic mass is 9.86. The van der Waals surface area contributed by atoms with Crippen molar-refractivity contribution in [2.45, 2.75) is 102 Å². The Hall–Kier alpha value is -2.62. The van der Waals surface area contributed by atoms with Crippen molar-refractivity contribution in [2.75, 3.05) is 0 Å². The molecule has 4 amide bonds. The third-order valence-corrected chi connectivity index (χ3v) is 7.99. The first kappa shape index (κ1) is 29.6. The normalized spacial score (nSPS) is 21.6. The summed E-state index contributed by atoms with van der Waals surface area (Å²) >= 11 is 0. The number of rotatable bonds is 9. The van der Waals surface area contributed by atoms with Crippen LogP contribution in [0.2, 0.25) is 25.7 Å². The maximum Gasteiger partial charge on any atom is 0.471 e. The fourth-order valence-electron chi connectivity index (χ4n) is 4.31. The number of carbonyl (C=O) groups excluding carboxylic acids is 4. The van der Waals surface area contributed by atoms with Crippen LogP contribution in [0, 0.1) is 22.7 Å². The van der Waals surface area contributed by atoms with Crippen LogP contribution >= 0.6 is 0 Å². The molecule has 0 bridgehead atoms. The Kier molecular flexibility index (Phi) is 8.55. The Morgan fingerprint density at radius 1 is 1.11 bits per heavy atom. The van der Waals surface area contributed by atoms with Gasteiger partial charge in [0.25, 0.3) is 0 Å². The molecule has 36 heavy (non-hydrogen) atoms. The average molecular weight is 532 g/mol. The van der Waals surface area contributed by atoms with E-state index in [0.29, 0.717) is 6.42 Å². The largest absolute Gasteiger partial charge is 0.471 e. The van der Waals surface area contributed by atoms with Crippen LogP contribution in [-0.2, 0) is 19.2 Å². The molecule has 0 aromatic carbocycles. The molecule has 1 saturated carbocycles. The predicted molar refractivity (Wildman–Crippen MR) is 128 cm³/mol. The topological polar surface area (TPSA) is 140 Å². The number of carbonyl (C=O) groups is 4. The van der Waals surface area contributed by atoms with Gasteiger partial charge in [-0.2, -0.15) is 18.4 Å². The number of halogens is 3. The van der Waals surface area contributed by atoms with Gasteiger partial charge in [0.15, 0.2) is 0 Å². The molecule has 0 aromatic rings. The van der Waals surface area contributed by atoms with E-state index in [-0.39, 0.29) is 23.9 Å². The lowest BCUT2D eigenvalue weighted by molar-refractivity contribution is -0.175. The highest BCUT2D eigenvalue weighted by Gasteiger charge is 2.52. The summed E-state index contributed by atoms with van der Waals surface area (Å²) in [6, 6.07) is -1.42. The van der Waals surface area contributed by atoms with Gasteiger partial charge >= 0.3 is 12.1 Å². The third kappa shape index (κ3) is 8.21. The van der Waals surface area contributed by atoms with E-state index in [2.05, 4.69) is 16.0 Å². The predicted octanol–water partition coefficient (Wildman–Crippen LogP) is 1.97. The third-order valence-electron chi connectivity index (χ3n) is 6.35. The standard InChI is InChI=1S/C23H36F3N5O4Si/c1-21(2,3)16(30-20(35)23(24,25)26)19(34)29-15(12-36(4,5)6)18(33)28-14(11-27)9-13-10-22(7-8-22)31-17(13)32/h13-16H,7-10,12H2,1-6H3,(H,28,33)(H,29,34)(H,30,35)(H,31,32)/t13-,14+,15+,16-/m1/s1. The Bertz CT molecular complexity index is 932. The van der Waals surface area contributed by atoms with Crippen molar-refractivity contribution in [2.24, 2.45) is 11.3 Å². The van der Waals surface area contributed by atoms with E-state index in [4.69, 9.17) is 0 Å². The SMILES string of the molecule is CC(C)(C)[C@H](NC(=O)C(F)(F)F)C(=O)N[C@@H](C[Si](C)(C)C)C(=O)N[C@H](C#N)C[C@@H]1CC2(CC2)NC1=O. The van der Waals surface area contributed by atoms with Crippen LogP contribution in [0.1, 0.15) is 46.5 Å². The molecule has 1 saturated heterocycles. The molecule has 2 fully saturated rings. The minimum atomic E-state index is -5.18. The summed E-state index contributed by atoms with van der Waals surface area (Å²) in [7, 11) is -2.00. The number of alkyl halides is 3. The lowest BCUT2D eigenvalue weighted by Gasteiger charge is -2.33. The highest BCUT2D eigenvalue weighted by molar-refractivity contribution is 6.76. The van der Waals surface area contributed by atoms with Crippen LogP contribution < -0.4 is 21.3 Å². The molecule has 2 aliphatic rings. The second-order valence-electron chi connectivity index (χ2n) is 12.2. The van der Waals surface area contributed by atoms with E-state index >= 15 is 0 Å². The van der Waals surface area contributed by atoms with Crippen molar-refractivity contribution in [3.05, 3.63) is 0 Å². The molecule has 202 valence electrons. The molecule has 4 atom stereocenters. The van der Waals surface area contributed by atoms with E-state index in [1.165, 1.54) is 20.8 Å². The van der Waals surface area contributed by atoms with Gasteiger partial charge in [-0.1, -0.05) is 40.4 Å². The van der Waals surface area contributed by atoms with Gasteiger partial charge in [0.2, 0.25) is 17.7 Å². The van der Waals surface area contributed by atoms with Crippen LogP contribution in [0.25, 0.3) is 0 Å². The van der Waals surface area contributed by atoms with E-state index < -0.39 is 61.4 Å². The number of amides is 4. The van der Waals surface area contributed by atoms with Crippen molar-refractivity contribution < 1.29 is 32.3 Å². The quantitative estimate of drug-likeness (QED) is 0.337. The second kappa shape index (κ2) is 10.4. The van der Waals surface area contributed by atoms with Gasteiger partial charge in [0.1, 0.15) is 18.1 Å². The molecule has 13 heteroatoms. The van der Waals surface area contributed by atoms with Crippen molar-refractivity contribution in [1.29, 1.82) is 5.26 Å². The molecule has 1 spiro atoms. The monoisotopic (exact) mass is 531 g/mol. The zero-order valence-corrected chi connectivity index (χ0v) is 22.6. The Labute approximate surface area is 210 Å². The van der Waals surface area contributed by atoms with Gasteiger partial charge in [-0.05, 0) is 37.1 Å². The first-order valence-electron chi connectivity index (χ1n) is 12.0. The van der Waals surface area contributed by atoms with Crippen molar-refractivity contribution in [3.63, 3.8) is 0 Å². The van der Waals surface area contributed by atoms with Gasteiger partial charge < -0.3 is 21.3 Å². The maximum absolute atomic E-state index is 13.2. The fourth-order valence-corrected chi connectivity index (χ4v) is 5.83. The molecule has 2 rings (SSSR count). The van der Waals surface area contributed by atoms with Gasteiger partial charge in [-0.15, -0.1) is 0 Å².